The van der Waals surface area contributed by atoms with E-state index in [1.807, 2.05) is 43.3 Å². The molecule has 1 aliphatic rings. The zero-order valence-corrected chi connectivity index (χ0v) is 18.9. The lowest BCUT2D eigenvalue weighted by Gasteiger charge is -2.13. The fourth-order valence-electron chi connectivity index (χ4n) is 4.60. The van der Waals surface area contributed by atoms with Crippen molar-refractivity contribution < 1.29 is 18.1 Å². The van der Waals surface area contributed by atoms with Crippen LogP contribution >= 0.6 is 0 Å². The molecule has 1 aromatic heterocycles. The highest BCUT2D eigenvalue weighted by Gasteiger charge is 2.29. The van der Waals surface area contributed by atoms with Crippen molar-refractivity contribution in [2.75, 3.05) is 0 Å². The Bertz CT molecular complexity index is 1750. The van der Waals surface area contributed by atoms with Crippen LogP contribution in [-0.4, -0.2) is 17.3 Å². The second-order valence-corrected chi connectivity index (χ2v) is 10.2. The molecule has 0 radical (unpaired) electrons. The number of fused-ring (bicyclic) bond motifs is 3. The molecule has 8 heteroatoms. The molecule has 7 nitrogen and oxygen atoms in total. The number of aromatic nitrogens is 1. The highest BCUT2D eigenvalue weighted by atomic mass is 32.2. The van der Waals surface area contributed by atoms with Gasteiger partial charge in [0.1, 0.15) is 11.5 Å². The first-order valence-electron chi connectivity index (χ1n) is 10.7. The number of ether oxygens (including phenoxy) is 1. The summed E-state index contributed by atoms with van der Waals surface area (Å²) < 4.78 is 34.5. The Kier molecular flexibility index (Phi) is 4.31. The molecule has 1 aliphatic heterocycles. The van der Waals surface area contributed by atoms with Crippen LogP contribution in [0.2, 0.25) is 0 Å². The second-order valence-electron chi connectivity index (χ2n) is 8.41. The molecule has 2 heterocycles. The molecular formula is C26H18N2O5S. The summed E-state index contributed by atoms with van der Waals surface area (Å²) >= 11 is 0. The van der Waals surface area contributed by atoms with Crippen LogP contribution in [0.25, 0.3) is 21.7 Å². The van der Waals surface area contributed by atoms with Gasteiger partial charge in [0.2, 0.25) is 0 Å². The zero-order valence-electron chi connectivity index (χ0n) is 18.1. The van der Waals surface area contributed by atoms with Crippen LogP contribution in [0.4, 0.5) is 5.69 Å². The van der Waals surface area contributed by atoms with Gasteiger partial charge in [-0.05, 0) is 41.5 Å². The Balaban J connectivity index is 1.65. The lowest BCUT2D eigenvalue weighted by atomic mass is 9.98. The van der Waals surface area contributed by atoms with Crippen LogP contribution in [0.1, 0.15) is 16.7 Å². The van der Waals surface area contributed by atoms with Gasteiger partial charge in [0, 0.05) is 29.6 Å². The number of benzene rings is 4. The van der Waals surface area contributed by atoms with Gasteiger partial charge in [0.05, 0.1) is 21.4 Å². The first kappa shape index (κ1) is 20.4. The average molecular weight is 471 g/mol. The maximum absolute atomic E-state index is 13.6. The van der Waals surface area contributed by atoms with Gasteiger partial charge in [-0.3, -0.25) is 10.1 Å². The van der Waals surface area contributed by atoms with E-state index < -0.39 is 14.9 Å². The molecule has 0 saturated heterocycles. The fourth-order valence-corrected chi connectivity index (χ4v) is 5.98. The van der Waals surface area contributed by atoms with Crippen molar-refractivity contribution >= 4 is 37.4 Å². The number of aryl methyl sites for hydroxylation is 1. The predicted molar refractivity (Wildman–Crippen MR) is 129 cm³/mol. The van der Waals surface area contributed by atoms with E-state index in [1.165, 1.54) is 12.1 Å². The third kappa shape index (κ3) is 2.99. The molecule has 0 amide bonds. The quantitative estimate of drug-likeness (QED) is 0.236. The standard InChI is InChI=1S/C26H18N2O5S/c1-16-6-9-20(10-7-16)34(31,32)27-15-18-12-22-21-5-3-2-4-17(21)8-11-24(22)33-25-14-19(28(29)30)13-23(27)26(18)25/h2-11,13-15H,12H2,1H3. The number of nitro groups is 1. The summed E-state index contributed by atoms with van der Waals surface area (Å²) in [5.74, 6) is 0.871. The molecule has 168 valence electrons. The van der Waals surface area contributed by atoms with Crippen LogP contribution in [0, 0.1) is 17.0 Å². The first-order valence-corrected chi connectivity index (χ1v) is 12.1. The highest BCUT2D eigenvalue weighted by Crippen LogP contribution is 2.44. The van der Waals surface area contributed by atoms with Crippen LogP contribution in [0.3, 0.4) is 0 Å². The van der Waals surface area contributed by atoms with E-state index in [0.29, 0.717) is 17.6 Å². The number of rotatable bonds is 3. The van der Waals surface area contributed by atoms with Gasteiger partial charge in [0.15, 0.2) is 0 Å². The van der Waals surface area contributed by atoms with Crippen molar-refractivity contribution in [3.8, 4) is 11.5 Å². The molecule has 0 aliphatic carbocycles. The molecule has 5 aromatic rings. The Morgan fingerprint density at radius 1 is 0.971 bits per heavy atom. The first-order chi connectivity index (χ1) is 16.3. The summed E-state index contributed by atoms with van der Waals surface area (Å²) in [5, 5.41) is 14.3. The van der Waals surface area contributed by atoms with E-state index >= 15 is 0 Å². The topological polar surface area (TPSA) is 91.4 Å². The zero-order chi connectivity index (χ0) is 23.6. The Morgan fingerprint density at radius 3 is 2.50 bits per heavy atom. The number of hydrogen-bond acceptors (Lipinski definition) is 5. The monoisotopic (exact) mass is 470 g/mol. The Hall–Kier alpha value is -4.17. The number of hydrogen-bond donors (Lipinski definition) is 0. The summed E-state index contributed by atoms with van der Waals surface area (Å²) in [5.41, 5.74) is 2.55. The van der Waals surface area contributed by atoms with Gasteiger partial charge in [-0.15, -0.1) is 0 Å². The predicted octanol–water partition coefficient (Wildman–Crippen LogP) is 5.94. The van der Waals surface area contributed by atoms with Crippen molar-refractivity contribution in [1.29, 1.82) is 0 Å². The van der Waals surface area contributed by atoms with Crippen molar-refractivity contribution in [2.24, 2.45) is 0 Å². The van der Waals surface area contributed by atoms with E-state index in [1.54, 1.807) is 30.5 Å². The van der Waals surface area contributed by atoms with Gasteiger partial charge < -0.3 is 4.74 Å². The summed E-state index contributed by atoms with van der Waals surface area (Å²) in [6.45, 7) is 1.88. The molecule has 6 rings (SSSR count). The van der Waals surface area contributed by atoms with Crippen molar-refractivity contribution in [1.82, 2.24) is 3.97 Å². The summed E-state index contributed by atoms with van der Waals surface area (Å²) in [6, 6.07) is 20.9. The van der Waals surface area contributed by atoms with Crippen LogP contribution in [0.5, 0.6) is 11.5 Å². The van der Waals surface area contributed by atoms with E-state index in [0.717, 1.165) is 31.4 Å². The van der Waals surface area contributed by atoms with Crippen molar-refractivity contribution in [3.63, 3.8) is 0 Å². The molecule has 0 spiro atoms. The number of nitrogens with zero attached hydrogens (tertiary/aromatic N) is 2. The van der Waals surface area contributed by atoms with Gasteiger partial charge in [0.25, 0.3) is 15.7 Å². The Labute approximate surface area is 195 Å². The summed E-state index contributed by atoms with van der Waals surface area (Å²) in [4.78, 5) is 11.3. The second kappa shape index (κ2) is 7.16. The normalized spacial score (nSPS) is 12.9. The van der Waals surface area contributed by atoms with Gasteiger partial charge in [-0.25, -0.2) is 12.4 Å². The number of non-ortho nitro benzene ring substituents is 1. The highest BCUT2D eigenvalue weighted by molar-refractivity contribution is 7.90. The van der Waals surface area contributed by atoms with E-state index in [-0.39, 0.29) is 21.8 Å². The summed E-state index contributed by atoms with van der Waals surface area (Å²) in [6.07, 6.45) is 1.99. The van der Waals surface area contributed by atoms with Crippen LogP contribution < -0.4 is 4.74 Å². The molecular weight excluding hydrogens is 452 g/mol. The third-order valence-electron chi connectivity index (χ3n) is 6.27. The Morgan fingerprint density at radius 2 is 1.74 bits per heavy atom. The third-order valence-corrected chi connectivity index (χ3v) is 7.96. The molecule has 0 fully saturated rings. The van der Waals surface area contributed by atoms with Crippen molar-refractivity contribution in [2.45, 2.75) is 18.2 Å². The summed E-state index contributed by atoms with van der Waals surface area (Å²) in [7, 11) is -4.00. The van der Waals surface area contributed by atoms with Gasteiger partial charge in [-0.2, -0.15) is 0 Å². The van der Waals surface area contributed by atoms with Gasteiger partial charge >= 0.3 is 0 Å². The molecule has 4 aromatic carbocycles. The molecule has 0 bridgehead atoms. The molecule has 0 N–H and O–H groups in total. The fraction of sp³-hybridized carbons (Fsp3) is 0.0769. The molecule has 0 atom stereocenters. The van der Waals surface area contributed by atoms with Crippen molar-refractivity contribution in [3.05, 3.63) is 106 Å². The minimum absolute atomic E-state index is 0.110. The average Bonchev–Trinajstić information content (AvgIpc) is 3.11. The lowest BCUT2D eigenvalue weighted by molar-refractivity contribution is -0.384. The van der Waals surface area contributed by atoms with E-state index in [4.69, 9.17) is 4.74 Å². The van der Waals surface area contributed by atoms with E-state index in [9.17, 15) is 18.5 Å². The molecule has 0 unspecified atom stereocenters. The number of nitro benzene ring substituents is 1. The van der Waals surface area contributed by atoms with E-state index in [2.05, 4.69) is 0 Å². The SMILES string of the molecule is Cc1ccc(S(=O)(=O)n2cc3c4c(cc([N+](=O)[O-])cc42)Oc2ccc4ccccc4c2C3)cc1. The molecule has 0 saturated carbocycles. The molecule has 34 heavy (non-hydrogen) atoms. The van der Waals surface area contributed by atoms with Gasteiger partial charge in [-0.1, -0.05) is 48.0 Å². The minimum Gasteiger partial charge on any atom is -0.456 e. The largest absolute Gasteiger partial charge is 0.456 e. The maximum atomic E-state index is 13.6. The smallest absolute Gasteiger partial charge is 0.275 e. The maximum Gasteiger partial charge on any atom is 0.275 e. The van der Waals surface area contributed by atoms with Crippen LogP contribution in [0.15, 0.2) is 83.9 Å². The van der Waals surface area contributed by atoms with Crippen LogP contribution in [-0.2, 0) is 16.4 Å². The lowest BCUT2D eigenvalue weighted by Crippen LogP contribution is -2.12. The minimum atomic E-state index is -4.00.